The van der Waals surface area contributed by atoms with Crippen LogP contribution in [-0.2, 0) is 0 Å². The van der Waals surface area contributed by atoms with Gasteiger partial charge in [-0.3, -0.25) is 4.90 Å². The first-order valence-corrected chi connectivity index (χ1v) is 10.5. The Balaban J connectivity index is 1.30. The molecule has 6 nitrogen and oxygen atoms in total. The van der Waals surface area contributed by atoms with Crippen molar-refractivity contribution in [1.82, 2.24) is 15.5 Å². The van der Waals surface area contributed by atoms with Gasteiger partial charge in [-0.2, -0.15) is 0 Å². The Labute approximate surface area is 162 Å². The molecular formula is C21H32N4O2. The Morgan fingerprint density at radius 1 is 1.19 bits per heavy atom. The van der Waals surface area contributed by atoms with Crippen molar-refractivity contribution in [3.05, 3.63) is 24.3 Å². The van der Waals surface area contributed by atoms with Gasteiger partial charge in [0.1, 0.15) is 6.61 Å². The van der Waals surface area contributed by atoms with E-state index in [4.69, 9.17) is 14.5 Å². The van der Waals surface area contributed by atoms with Crippen molar-refractivity contribution in [1.29, 1.82) is 0 Å². The molecule has 2 heterocycles. The number of likely N-dealkylation sites (tertiary alicyclic amines) is 1. The predicted molar refractivity (Wildman–Crippen MR) is 108 cm³/mol. The van der Waals surface area contributed by atoms with Gasteiger partial charge >= 0.3 is 0 Å². The van der Waals surface area contributed by atoms with Gasteiger partial charge in [-0.05, 0) is 38.3 Å². The number of guanidine groups is 1. The van der Waals surface area contributed by atoms with E-state index in [1.54, 1.807) is 0 Å². The predicted octanol–water partition coefficient (Wildman–Crippen LogP) is 2.40. The van der Waals surface area contributed by atoms with E-state index in [0.717, 1.165) is 36.6 Å². The topological polar surface area (TPSA) is 58.1 Å². The standard InChI is InChI=1S/C21H32N4O2/c1-2-22-21(24-16-11-12-25(14-16)17-7-3-4-8-17)23-13-18-15-26-19-9-5-6-10-20(19)27-18/h5-6,9-10,16-18H,2-4,7-8,11-15H2,1H3,(H2,22,23,24). The molecule has 2 unspecified atom stereocenters. The average molecular weight is 373 g/mol. The minimum absolute atomic E-state index is 0.0473. The highest BCUT2D eigenvalue weighted by atomic mass is 16.6. The quantitative estimate of drug-likeness (QED) is 0.614. The molecule has 148 valence electrons. The third-order valence-electron chi connectivity index (χ3n) is 5.77. The number of para-hydroxylation sites is 2. The molecule has 2 fully saturated rings. The molecule has 1 aromatic rings. The van der Waals surface area contributed by atoms with Crippen molar-refractivity contribution in [2.45, 2.75) is 57.2 Å². The molecule has 1 saturated heterocycles. The van der Waals surface area contributed by atoms with Gasteiger partial charge in [0.15, 0.2) is 23.6 Å². The van der Waals surface area contributed by atoms with E-state index in [1.807, 2.05) is 24.3 Å². The molecule has 0 spiro atoms. The molecule has 3 aliphatic rings. The molecule has 0 aromatic heterocycles. The molecule has 2 aliphatic heterocycles. The number of nitrogens with one attached hydrogen (secondary N) is 2. The lowest BCUT2D eigenvalue weighted by atomic mass is 10.2. The van der Waals surface area contributed by atoms with Crippen LogP contribution in [0.2, 0.25) is 0 Å². The van der Waals surface area contributed by atoms with Gasteiger partial charge in [-0.1, -0.05) is 25.0 Å². The monoisotopic (exact) mass is 372 g/mol. The Bertz CT molecular complexity index is 645. The highest BCUT2D eigenvalue weighted by Gasteiger charge is 2.30. The summed E-state index contributed by atoms with van der Waals surface area (Å²) in [4.78, 5) is 7.44. The fraction of sp³-hybridized carbons (Fsp3) is 0.667. The van der Waals surface area contributed by atoms with Crippen molar-refractivity contribution in [2.75, 3.05) is 32.8 Å². The second-order valence-electron chi connectivity index (χ2n) is 7.78. The molecule has 1 aliphatic carbocycles. The zero-order valence-electron chi connectivity index (χ0n) is 16.3. The maximum atomic E-state index is 6.02. The lowest BCUT2D eigenvalue weighted by Gasteiger charge is -2.26. The fourth-order valence-electron chi connectivity index (χ4n) is 4.37. The van der Waals surface area contributed by atoms with Gasteiger partial charge < -0.3 is 20.1 Å². The van der Waals surface area contributed by atoms with Crippen LogP contribution in [0.3, 0.4) is 0 Å². The Morgan fingerprint density at radius 3 is 2.81 bits per heavy atom. The summed E-state index contributed by atoms with van der Waals surface area (Å²) in [5.41, 5.74) is 0. The normalized spacial score (nSPS) is 26.3. The van der Waals surface area contributed by atoms with Crippen molar-refractivity contribution in [3.8, 4) is 11.5 Å². The van der Waals surface area contributed by atoms with E-state index in [1.165, 1.54) is 38.6 Å². The first kappa shape index (κ1) is 18.4. The summed E-state index contributed by atoms with van der Waals surface area (Å²) in [6.45, 7) is 6.42. The van der Waals surface area contributed by atoms with Crippen LogP contribution in [0.4, 0.5) is 0 Å². The minimum atomic E-state index is -0.0473. The molecule has 6 heteroatoms. The van der Waals surface area contributed by atoms with Crippen molar-refractivity contribution >= 4 is 5.96 Å². The molecule has 0 bridgehead atoms. The maximum absolute atomic E-state index is 6.02. The highest BCUT2D eigenvalue weighted by Crippen LogP contribution is 2.31. The molecular weight excluding hydrogens is 340 g/mol. The lowest BCUT2D eigenvalue weighted by molar-refractivity contribution is 0.0971. The summed E-state index contributed by atoms with van der Waals surface area (Å²) >= 11 is 0. The summed E-state index contributed by atoms with van der Waals surface area (Å²) in [5, 5.41) is 7.01. The number of aliphatic imine (C=N–C) groups is 1. The maximum Gasteiger partial charge on any atom is 0.191 e. The van der Waals surface area contributed by atoms with E-state index >= 15 is 0 Å². The fourth-order valence-corrected chi connectivity index (χ4v) is 4.37. The van der Waals surface area contributed by atoms with Crippen LogP contribution < -0.4 is 20.1 Å². The van der Waals surface area contributed by atoms with Gasteiger partial charge in [-0.25, -0.2) is 4.99 Å². The molecule has 1 saturated carbocycles. The van der Waals surface area contributed by atoms with Crippen LogP contribution in [0.25, 0.3) is 0 Å². The molecule has 4 rings (SSSR count). The van der Waals surface area contributed by atoms with Crippen LogP contribution in [0.1, 0.15) is 39.0 Å². The number of hydrogen-bond donors (Lipinski definition) is 2. The summed E-state index contributed by atoms with van der Waals surface area (Å²) in [6.07, 6.45) is 6.69. The van der Waals surface area contributed by atoms with Crippen LogP contribution in [-0.4, -0.2) is 61.8 Å². The van der Waals surface area contributed by atoms with E-state index in [9.17, 15) is 0 Å². The number of fused-ring (bicyclic) bond motifs is 1. The average Bonchev–Trinajstić information content (AvgIpc) is 3.38. The SMILES string of the molecule is CCNC(=NCC1COc2ccccc2O1)NC1CCN(C2CCCC2)C1. The second-order valence-corrected chi connectivity index (χ2v) is 7.78. The van der Waals surface area contributed by atoms with E-state index in [0.29, 0.717) is 19.2 Å². The minimum Gasteiger partial charge on any atom is -0.486 e. The van der Waals surface area contributed by atoms with Gasteiger partial charge in [0, 0.05) is 31.7 Å². The van der Waals surface area contributed by atoms with Crippen LogP contribution in [0.15, 0.2) is 29.3 Å². The summed E-state index contributed by atoms with van der Waals surface area (Å²) in [5.74, 6) is 2.52. The van der Waals surface area contributed by atoms with Gasteiger partial charge in [0.25, 0.3) is 0 Å². The first-order valence-electron chi connectivity index (χ1n) is 10.5. The lowest BCUT2D eigenvalue weighted by Crippen LogP contribution is -2.46. The molecule has 0 radical (unpaired) electrons. The van der Waals surface area contributed by atoms with Gasteiger partial charge in [0.2, 0.25) is 0 Å². The molecule has 0 amide bonds. The first-order chi connectivity index (χ1) is 13.3. The summed E-state index contributed by atoms with van der Waals surface area (Å²) in [6, 6.07) is 9.11. The second kappa shape index (κ2) is 8.83. The van der Waals surface area contributed by atoms with Crippen molar-refractivity contribution in [3.63, 3.8) is 0 Å². The van der Waals surface area contributed by atoms with E-state index < -0.39 is 0 Å². The highest BCUT2D eigenvalue weighted by molar-refractivity contribution is 5.80. The zero-order chi connectivity index (χ0) is 18.5. The molecule has 2 atom stereocenters. The zero-order valence-corrected chi connectivity index (χ0v) is 16.3. The van der Waals surface area contributed by atoms with E-state index in [2.05, 4.69) is 22.5 Å². The van der Waals surface area contributed by atoms with Crippen LogP contribution in [0, 0.1) is 0 Å². The van der Waals surface area contributed by atoms with Gasteiger partial charge in [0.05, 0.1) is 6.54 Å². The third-order valence-corrected chi connectivity index (χ3v) is 5.77. The number of rotatable bonds is 5. The number of nitrogens with zero attached hydrogens (tertiary/aromatic N) is 2. The van der Waals surface area contributed by atoms with Crippen LogP contribution in [0.5, 0.6) is 11.5 Å². The number of benzene rings is 1. The third kappa shape index (κ3) is 4.67. The Morgan fingerprint density at radius 2 is 2.00 bits per heavy atom. The Kier molecular flexibility index (Phi) is 6.02. The summed E-state index contributed by atoms with van der Waals surface area (Å²) < 4.78 is 11.8. The smallest absolute Gasteiger partial charge is 0.191 e. The molecule has 1 aromatic carbocycles. The summed E-state index contributed by atoms with van der Waals surface area (Å²) in [7, 11) is 0. The number of hydrogen-bond acceptors (Lipinski definition) is 4. The Hall–Kier alpha value is -1.95. The van der Waals surface area contributed by atoms with Crippen molar-refractivity contribution < 1.29 is 9.47 Å². The van der Waals surface area contributed by atoms with Gasteiger partial charge in [-0.15, -0.1) is 0 Å². The van der Waals surface area contributed by atoms with Crippen LogP contribution >= 0.6 is 0 Å². The molecule has 2 N–H and O–H groups in total. The largest absolute Gasteiger partial charge is 0.486 e. The van der Waals surface area contributed by atoms with Crippen molar-refractivity contribution in [2.24, 2.45) is 4.99 Å². The number of ether oxygens (including phenoxy) is 2. The van der Waals surface area contributed by atoms with E-state index in [-0.39, 0.29) is 6.10 Å². The molecule has 27 heavy (non-hydrogen) atoms.